The highest BCUT2D eigenvalue weighted by Gasteiger charge is 2.06. The molecule has 0 fully saturated rings. The number of hydrogen-bond donors (Lipinski definition) is 0. The summed E-state index contributed by atoms with van der Waals surface area (Å²) in [6.07, 6.45) is 3.94. The summed E-state index contributed by atoms with van der Waals surface area (Å²) < 4.78 is 1.98. The van der Waals surface area contributed by atoms with Crippen LogP contribution in [0.15, 0.2) is 48.8 Å². The zero-order chi connectivity index (χ0) is 11.8. The minimum atomic E-state index is 0.708. The van der Waals surface area contributed by atoms with Crippen LogP contribution in [0.4, 0.5) is 0 Å². The van der Waals surface area contributed by atoms with Gasteiger partial charge < -0.3 is 4.40 Å². The van der Waals surface area contributed by atoms with Crippen molar-refractivity contribution >= 4 is 17.2 Å². The molecule has 0 radical (unpaired) electrons. The second-order valence-corrected chi connectivity index (χ2v) is 4.49. The molecule has 0 spiro atoms. The molecule has 3 rings (SSSR count). The molecule has 0 amide bonds. The third-order valence-electron chi connectivity index (χ3n) is 2.84. The molecule has 3 aromatic rings. The fourth-order valence-electron chi connectivity index (χ4n) is 1.95. The van der Waals surface area contributed by atoms with E-state index in [4.69, 9.17) is 11.6 Å². The van der Waals surface area contributed by atoms with Gasteiger partial charge in [0.05, 0.1) is 5.69 Å². The van der Waals surface area contributed by atoms with Crippen molar-refractivity contribution in [3.63, 3.8) is 0 Å². The Morgan fingerprint density at radius 1 is 1.18 bits per heavy atom. The summed E-state index contributed by atoms with van der Waals surface area (Å²) in [5, 5.41) is 0.708. The first kappa shape index (κ1) is 10.4. The van der Waals surface area contributed by atoms with E-state index in [2.05, 4.69) is 24.0 Å². The summed E-state index contributed by atoms with van der Waals surface area (Å²) in [6.45, 7) is 2.09. The SMILES string of the molecule is Cc1ccccc1-c1cn2ccc(Cl)cc2n1. The van der Waals surface area contributed by atoms with E-state index in [1.165, 1.54) is 5.56 Å². The first-order chi connectivity index (χ1) is 8.24. The summed E-state index contributed by atoms with van der Waals surface area (Å²) >= 11 is 5.95. The number of aromatic nitrogens is 2. The van der Waals surface area contributed by atoms with E-state index < -0.39 is 0 Å². The average molecular weight is 243 g/mol. The highest BCUT2D eigenvalue weighted by atomic mass is 35.5. The minimum absolute atomic E-state index is 0.708. The zero-order valence-corrected chi connectivity index (χ0v) is 10.1. The second-order valence-electron chi connectivity index (χ2n) is 4.05. The lowest BCUT2D eigenvalue weighted by molar-refractivity contribution is 1.19. The normalized spacial score (nSPS) is 10.9. The lowest BCUT2D eigenvalue weighted by Gasteiger charge is -1.99. The standard InChI is InChI=1S/C14H11ClN2/c1-10-4-2-3-5-12(10)13-9-17-7-6-11(15)8-14(17)16-13/h2-9H,1H3. The molecule has 0 aliphatic carbocycles. The van der Waals surface area contributed by atoms with Crippen LogP contribution in [0.25, 0.3) is 16.9 Å². The van der Waals surface area contributed by atoms with Gasteiger partial charge in [0.1, 0.15) is 5.65 Å². The first-order valence-electron chi connectivity index (χ1n) is 5.44. The van der Waals surface area contributed by atoms with Crippen molar-refractivity contribution in [2.24, 2.45) is 0 Å². The molecule has 2 aromatic heterocycles. The topological polar surface area (TPSA) is 17.3 Å². The summed E-state index contributed by atoms with van der Waals surface area (Å²) in [5.41, 5.74) is 4.23. The summed E-state index contributed by atoms with van der Waals surface area (Å²) in [7, 11) is 0. The van der Waals surface area contributed by atoms with Gasteiger partial charge in [-0.25, -0.2) is 4.98 Å². The average Bonchev–Trinajstić information content (AvgIpc) is 2.72. The third kappa shape index (κ3) is 1.81. The first-order valence-corrected chi connectivity index (χ1v) is 5.82. The molecule has 0 saturated heterocycles. The number of halogens is 1. The van der Waals surface area contributed by atoms with E-state index in [-0.39, 0.29) is 0 Å². The van der Waals surface area contributed by atoms with Crippen LogP contribution in [0.2, 0.25) is 5.02 Å². The Kier molecular flexibility index (Phi) is 2.37. The number of hydrogen-bond acceptors (Lipinski definition) is 1. The molecule has 84 valence electrons. The zero-order valence-electron chi connectivity index (χ0n) is 9.39. The van der Waals surface area contributed by atoms with Gasteiger partial charge in [-0.15, -0.1) is 0 Å². The minimum Gasteiger partial charge on any atom is -0.306 e. The van der Waals surface area contributed by atoms with E-state index in [1.807, 2.05) is 41.1 Å². The number of rotatable bonds is 1. The van der Waals surface area contributed by atoms with Crippen molar-refractivity contribution in [1.82, 2.24) is 9.38 Å². The predicted molar refractivity (Wildman–Crippen MR) is 70.4 cm³/mol. The lowest BCUT2D eigenvalue weighted by atomic mass is 10.1. The highest BCUT2D eigenvalue weighted by molar-refractivity contribution is 6.30. The van der Waals surface area contributed by atoms with Crippen LogP contribution in [0.1, 0.15) is 5.56 Å². The molecular weight excluding hydrogens is 232 g/mol. The quantitative estimate of drug-likeness (QED) is 0.631. The maximum absolute atomic E-state index is 5.95. The van der Waals surface area contributed by atoms with Crippen molar-refractivity contribution in [2.45, 2.75) is 6.92 Å². The van der Waals surface area contributed by atoms with Gasteiger partial charge in [0.15, 0.2) is 0 Å². The largest absolute Gasteiger partial charge is 0.306 e. The maximum atomic E-state index is 5.95. The van der Waals surface area contributed by atoms with Crippen molar-refractivity contribution < 1.29 is 0 Å². The Hall–Kier alpha value is -1.80. The molecule has 2 heterocycles. The van der Waals surface area contributed by atoms with Crippen LogP contribution < -0.4 is 0 Å². The van der Waals surface area contributed by atoms with Crippen molar-refractivity contribution in [1.29, 1.82) is 0 Å². The number of fused-ring (bicyclic) bond motifs is 1. The van der Waals surface area contributed by atoms with E-state index in [0.29, 0.717) is 5.02 Å². The van der Waals surface area contributed by atoms with Gasteiger partial charge >= 0.3 is 0 Å². The molecule has 0 unspecified atom stereocenters. The van der Waals surface area contributed by atoms with Crippen molar-refractivity contribution in [3.05, 3.63) is 59.4 Å². The summed E-state index contributed by atoms with van der Waals surface area (Å²) in [4.78, 5) is 4.58. The smallest absolute Gasteiger partial charge is 0.138 e. The van der Waals surface area contributed by atoms with Gasteiger partial charge in [-0.1, -0.05) is 35.9 Å². The van der Waals surface area contributed by atoms with E-state index in [1.54, 1.807) is 0 Å². The summed E-state index contributed by atoms with van der Waals surface area (Å²) in [5.74, 6) is 0. The fourth-order valence-corrected chi connectivity index (χ4v) is 2.10. The van der Waals surface area contributed by atoms with Gasteiger partial charge in [0, 0.05) is 29.0 Å². The number of aryl methyl sites for hydroxylation is 1. The van der Waals surface area contributed by atoms with Gasteiger partial charge in [-0.3, -0.25) is 0 Å². The van der Waals surface area contributed by atoms with Gasteiger partial charge in [-0.2, -0.15) is 0 Å². The Labute approximate surface area is 104 Å². The Balaban J connectivity index is 2.22. The van der Waals surface area contributed by atoms with E-state index >= 15 is 0 Å². The monoisotopic (exact) mass is 242 g/mol. The Morgan fingerprint density at radius 3 is 2.82 bits per heavy atom. The molecule has 1 aromatic carbocycles. The molecule has 17 heavy (non-hydrogen) atoms. The van der Waals surface area contributed by atoms with Gasteiger partial charge in [-0.05, 0) is 18.6 Å². The maximum Gasteiger partial charge on any atom is 0.138 e. The van der Waals surface area contributed by atoms with Crippen LogP contribution in [-0.2, 0) is 0 Å². The van der Waals surface area contributed by atoms with Gasteiger partial charge in [0.25, 0.3) is 0 Å². The Morgan fingerprint density at radius 2 is 2.00 bits per heavy atom. The van der Waals surface area contributed by atoms with E-state index in [0.717, 1.165) is 16.9 Å². The molecule has 2 nitrogen and oxygen atoms in total. The van der Waals surface area contributed by atoms with Crippen molar-refractivity contribution in [3.8, 4) is 11.3 Å². The van der Waals surface area contributed by atoms with Crippen LogP contribution in [0, 0.1) is 6.92 Å². The van der Waals surface area contributed by atoms with Crippen molar-refractivity contribution in [2.75, 3.05) is 0 Å². The second kappa shape index (κ2) is 3.90. The molecule has 0 saturated carbocycles. The summed E-state index contributed by atoms with van der Waals surface area (Å²) in [6, 6.07) is 12.0. The van der Waals surface area contributed by atoms with E-state index in [9.17, 15) is 0 Å². The van der Waals surface area contributed by atoms with Crippen LogP contribution in [-0.4, -0.2) is 9.38 Å². The molecular formula is C14H11ClN2. The number of pyridine rings is 1. The lowest BCUT2D eigenvalue weighted by Crippen LogP contribution is -1.81. The Bertz CT molecular complexity index is 686. The molecule has 0 aliphatic heterocycles. The molecule has 3 heteroatoms. The third-order valence-corrected chi connectivity index (χ3v) is 3.08. The van der Waals surface area contributed by atoms with Crippen LogP contribution in [0.5, 0.6) is 0 Å². The van der Waals surface area contributed by atoms with Crippen LogP contribution in [0.3, 0.4) is 0 Å². The predicted octanol–water partition coefficient (Wildman–Crippen LogP) is 3.96. The molecule has 0 atom stereocenters. The fraction of sp³-hybridized carbons (Fsp3) is 0.0714. The number of imidazole rings is 1. The van der Waals surface area contributed by atoms with Gasteiger partial charge in [0.2, 0.25) is 0 Å². The molecule has 0 aliphatic rings. The molecule has 0 N–H and O–H groups in total. The highest BCUT2D eigenvalue weighted by Crippen LogP contribution is 2.23. The number of nitrogens with zero attached hydrogens (tertiary/aromatic N) is 2. The molecule has 0 bridgehead atoms. The number of benzene rings is 1. The van der Waals surface area contributed by atoms with Crippen LogP contribution >= 0.6 is 11.6 Å².